The minimum atomic E-state index is -0.0757. The van der Waals surface area contributed by atoms with Crippen molar-refractivity contribution in [3.05, 3.63) is 65.5 Å². The third-order valence-corrected chi connectivity index (χ3v) is 4.35. The summed E-state index contributed by atoms with van der Waals surface area (Å²) in [5.41, 5.74) is 3.14. The number of aromatic nitrogens is 1. The van der Waals surface area contributed by atoms with Crippen molar-refractivity contribution in [3.8, 4) is 0 Å². The van der Waals surface area contributed by atoms with Gasteiger partial charge in [0.2, 0.25) is 0 Å². The zero-order valence-electron chi connectivity index (χ0n) is 11.7. The Balaban J connectivity index is 1.47. The normalized spacial score (nSPS) is 19.7. The lowest BCUT2D eigenvalue weighted by atomic mass is 9.78. The van der Waals surface area contributed by atoms with E-state index in [0.717, 1.165) is 31.6 Å². The first kappa shape index (κ1) is 12.5. The van der Waals surface area contributed by atoms with Crippen LogP contribution in [0.2, 0.25) is 0 Å². The molecular formula is C17H17N3O. The summed E-state index contributed by atoms with van der Waals surface area (Å²) >= 11 is 0. The molecule has 0 atom stereocenters. The fraction of sp³-hybridized carbons (Fsp3) is 0.294. The lowest BCUT2D eigenvalue weighted by Gasteiger charge is -2.52. The Bertz CT molecular complexity index is 677. The van der Waals surface area contributed by atoms with E-state index in [0.29, 0.717) is 0 Å². The number of rotatable bonds is 2. The second-order valence-electron chi connectivity index (χ2n) is 6.07. The maximum atomic E-state index is 12.2. The van der Waals surface area contributed by atoms with Crippen molar-refractivity contribution in [2.24, 2.45) is 0 Å². The summed E-state index contributed by atoms with van der Waals surface area (Å²) < 4.78 is 0. The second kappa shape index (κ2) is 4.67. The molecule has 2 aliphatic rings. The molecule has 3 heterocycles. The molecule has 0 bridgehead atoms. The molecule has 1 fully saturated rings. The average molecular weight is 279 g/mol. The number of carbonyl (C=O) groups excluding carboxylic acids is 1. The predicted octanol–water partition coefficient (Wildman–Crippen LogP) is 1.62. The largest absolute Gasteiger partial charge is 0.344 e. The minimum absolute atomic E-state index is 0.0675. The summed E-state index contributed by atoms with van der Waals surface area (Å²) in [5, 5.41) is 3.20. The van der Waals surface area contributed by atoms with E-state index in [2.05, 4.69) is 27.3 Å². The van der Waals surface area contributed by atoms with Crippen LogP contribution in [0.1, 0.15) is 21.5 Å². The lowest BCUT2D eigenvalue weighted by molar-refractivity contribution is 0.0276. The van der Waals surface area contributed by atoms with Gasteiger partial charge in [0, 0.05) is 37.6 Å². The standard InChI is InChI=1S/C17H17N3O/c21-16-15-6-2-1-5-14(15)8-17(19-16)11-20(12-17)10-13-4-3-7-18-9-13/h1-7,9H,8,10-12H2,(H,19,21). The number of amides is 1. The van der Waals surface area contributed by atoms with Gasteiger partial charge in [0.15, 0.2) is 0 Å². The van der Waals surface area contributed by atoms with Gasteiger partial charge in [-0.25, -0.2) is 0 Å². The van der Waals surface area contributed by atoms with Crippen molar-refractivity contribution < 1.29 is 4.79 Å². The zero-order valence-corrected chi connectivity index (χ0v) is 11.7. The van der Waals surface area contributed by atoms with E-state index >= 15 is 0 Å². The van der Waals surface area contributed by atoms with Crippen LogP contribution in [0.5, 0.6) is 0 Å². The lowest BCUT2D eigenvalue weighted by Crippen LogP contribution is -2.72. The molecule has 0 unspecified atom stereocenters. The summed E-state index contributed by atoms with van der Waals surface area (Å²) in [6, 6.07) is 12.0. The van der Waals surface area contributed by atoms with Crippen LogP contribution in [0.25, 0.3) is 0 Å². The number of fused-ring (bicyclic) bond motifs is 1. The van der Waals surface area contributed by atoms with Gasteiger partial charge < -0.3 is 5.32 Å². The summed E-state index contributed by atoms with van der Waals surface area (Å²) in [4.78, 5) is 18.7. The average Bonchev–Trinajstić information content (AvgIpc) is 2.47. The first-order valence-electron chi connectivity index (χ1n) is 7.26. The molecule has 0 saturated carbocycles. The second-order valence-corrected chi connectivity index (χ2v) is 6.07. The Labute approximate surface area is 123 Å². The molecule has 21 heavy (non-hydrogen) atoms. The van der Waals surface area contributed by atoms with Gasteiger partial charge in [0.25, 0.3) is 5.91 Å². The predicted molar refractivity (Wildman–Crippen MR) is 79.9 cm³/mol. The van der Waals surface area contributed by atoms with Crippen LogP contribution < -0.4 is 5.32 Å². The first-order valence-corrected chi connectivity index (χ1v) is 7.26. The SMILES string of the molecule is O=C1NC2(Cc3ccccc31)CN(Cc1cccnc1)C2. The van der Waals surface area contributed by atoms with Crippen molar-refractivity contribution >= 4 is 5.91 Å². The monoisotopic (exact) mass is 279 g/mol. The minimum Gasteiger partial charge on any atom is -0.344 e. The molecule has 2 aromatic rings. The third kappa shape index (κ3) is 2.21. The fourth-order valence-electron chi connectivity index (χ4n) is 3.48. The Hall–Kier alpha value is -2.20. The molecule has 106 valence electrons. The molecular weight excluding hydrogens is 262 g/mol. The number of benzene rings is 1. The van der Waals surface area contributed by atoms with Crippen LogP contribution in [0.4, 0.5) is 0 Å². The van der Waals surface area contributed by atoms with Crippen LogP contribution in [-0.4, -0.2) is 34.4 Å². The molecule has 0 radical (unpaired) electrons. The van der Waals surface area contributed by atoms with E-state index in [1.54, 1.807) is 6.20 Å². The molecule has 0 aliphatic carbocycles. The number of likely N-dealkylation sites (tertiary alicyclic amines) is 1. The molecule has 4 heteroatoms. The van der Waals surface area contributed by atoms with Gasteiger partial charge in [-0.1, -0.05) is 24.3 Å². The topological polar surface area (TPSA) is 45.2 Å². The highest BCUT2D eigenvalue weighted by Crippen LogP contribution is 2.31. The maximum absolute atomic E-state index is 12.2. The molecule has 1 N–H and O–H groups in total. The smallest absolute Gasteiger partial charge is 0.252 e. The van der Waals surface area contributed by atoms with Crippen molar-refractivity contribution in [1.29, 1.82) is 0 Å². The Morgan fingerprint density at radius 1 is 1.19 bits per heavy atom. The molecule has 1 spiro atoms. The number of hydrogen-bond acceptors (Lipinski definition) is 3. The van der Waals surface area contributed by atoms with Crippen molar-refractivity contribution in [3.63, 3.8) is 0 Å². The molecule has 1 aromatic carbocycles. The van der Waals surface area contributed by atoms with E-state index in [4.69, 9.17) is 0 Å². The van der Waals surface area contributed by atoms with Crippen LogP contribution in [0, 0.1) is 0 Å². The Morgan fingerprint density at radius 3 is 2.86 bits per heavy atom. The van der Waals surface area contributed by atoms with Gasteiger partial charge in [0.1, 0.15) is 0 Å². The number of carbonyl (C=O) groups is 1. The van der Waals surface area contributed by atoms with Crippen LogP contribution in [0.15, 0.2) is 48.8 Å². The third-order valence-electron chi connectivity index (χ3n) is 4.35. The van der Waals surface area contributed by atoms with Gasteiger partial charge in [-0.2, -0.15) is 0 Å². The maximum Gasteiger partial charge on any atom is 0.252 e. The molecule has 1 saturated heterocycles. The highest BCUT2D eigenvalue weighted by molar-refractivity contribution is 5.97. The highest BCUT2D eigenvalue weighted by Gasteiger charge is 2.46. The highest BCUT2D eigenvalue weighted by atomic mass is 16.2. The number of pyridine rings is 1. The van der Waals surface area contributed by atoms with Gasteiger partial charge in [-0.3, -0.25) is 14.7 Å². The van der Waals surface area contributed by atoms with Gasteiger partial charge in [-0.05, 0) is 29.7 Å². The molecule has 1 amide bonds. The van der Waals surface area contributed by atoms with Gasteiger partial charge in [0.05, 0.1) is 5.54 Å². The summed E-state index contributed by atoms with van der Waals surface area (Å²) in [7, 11) is 0. The number of nitrogens with zero attached hydrogens (tertiary/aromatic N) is 2. The molecule has 2 aliphatic heterocycles. The quantitative estimate of drug-likeness (QED) is 0.908. The van der Waals surface area contributed by atoms with E-state index in [1.165, 1.54) is 11.1 Å². The van der Waals surface area contributed by atoms with Crippen LogP contribution in [-0.2, 0) is 13.0 Å². The number of nitrogens with one attached hydrogen (secondary N) is 1. The van der Waals surface area contributed by atoms with E-state index < -0.39 is 0 Å². The van der Waals surface area contributed by atoms with Gasteiger partial charge in [-0.15, -0.1) is 0 Å². The summed E-state index contributed by atoms with van der Waals surface area (Å²) in [5.74, 6) is 0.0675. The van der Waals surface area contributed by atoms with E-state index in [1.807, 2.05) is 30.5 Å². The van der Waals surface area contributed by atoms with Crippen LogP contribution >= 0.6 is 0 Å². The first-order chi connectivity index (χ1) is 10.2. The number of hydrogen-bond donors (Lipinski definition) is 1. The molecule has 4 nitrogen and oxygen atoms in total. The zero-order chi connectivity index (χ0) is 14.3. The van der Waals surface area contributed by atoms with Crippen molar-refractivity contribution in [2.45, 2.75) is 18.5 Å². The fourth-order valence-corrected chi connectivity index (χ4v) is 3.48. The summed E-state index contributed by atoms with van der Waals surface area (Å²) in [6.45, 7) is 2.71. The molecule has 4 rings (SSSR count). The Morgan fingerprint density at radius 2 is 2.05 bits per heavy atom. The molecule has 1 aromatic heterocycles. The Kier molecular flexibility index (Phi) is 2.79. The summed E-state index contributed by atoms with van der Waals surface area (Å²) in [6.07, 6.45) is 4.62. The van der Waals surface area contributed by atoms with Gasteiger partial charge >= 0.3 is 0 Å². The van der Waals surface area contributed by atoms with Crippen LogP contribution in [0.3, 0.4) is 0 Å². The van der Waals surface area contributed by atoms with Crippen molar-refractivity contribution in [2.75, 3.05) is 13.1 Å². The van der Waals surface area contributed by atoms with E-state index in [9.17, 15) is 4.79 Å². The van der Waals surface area contributed by atoms with Crippen molar-refractivity contribution in [1.82, 2.24) is 15.2 Å². The van der Waals surface area contributed by atoms with E-state index in [-0.39, 0.29) is 11.4 Å².